The van der Waals surface area contributed by atoms with Gasteiger partial charge in [-0.3, -0.25) is 4.79 Å². The van der Waals surface area contributed by atoms with Gasteiger partial charge in [-0.05, 0) is 26.3 Å². The highest BCUT2D eigenvalue weighted by Gasteiger charge is 2.52. The van der Waals surface area contributed by atoms with Crippen LogP contribution >= 0.6 is 23.7 Å². The van der Waals surface area contributed by atoms with E-state index in [1.807, 2.05) is 17.2 Å². The minimum Gasteiger partial charge on any atom is -0.378 e. The highest BCUT2D eigenvalue weighted by Crippen LogP contribution is 2.46. The first kappa shape index (κ1) is 21.4. The molecule has 1 amide bonds. The lowest BCUT2D eigenvalue weighted by Gasteiger charge is -2.55. The summed E-state index contributed by atoms with van der Waals surface area (Å²) in [6, 6.07) is 0.214. The molecular formula is C17H30ClN3O2S. The van der Waals surface area contributed by atoms with E-state index in [0.29, 0.717) is 12.2 Å². The third kappa shape index (κ3) is 4.28. The number of rotatable bonds is 8. The Hall–Kier alpha value is -0.690. The lowest BCUT2D eigenvalue weighted by molar-refractivity contribution is -0.140. The second kappa shape index (κ2) is 9.13. The molecule has 1 heterocycles. The Labute approximate surface area is 155 Å². The first-order valence-corrected chi connectivity index (χ1v) is 9.40. The lowest BCUT2D eigenvalue weighted by atomic mass is 9.63. The van der Waals surface area contributed by atoms with Crippen LogP contribution in [0.4, 0.5) is 0 Å². The van der Waals surface area contributed by atoms with Crippen LogP contribution in [0, 0.1) is 5.41 Å². The van der Waals surface area contributed by atoms with Crippen molar-refractivity contribution in [3.63, 3.8) is 0 Å². The largest absolute Gasteiger partial charge is 0.378 e. The average molecular weight is 376 g/mol. The molecule has 0 bridgehead atoms. The molecule has 1 aromatic rings. The fourth-order valence-electron chi connectivity index (χ4n) is 3.31. The summed E-state index contributed by atoms with van der Waals surface area (Å²) < 4.78 is 5.81. The normalized spacial score (nSPS) is 21.7. The molecule has 24 heavy (non-hydrogen) atoms. The lowest BCUT2D eigenvalue weighted by Crippen LogP contribution is -2.63. The van der Waals surface area contributed by atoms with E-state index in [0.717, 1.165) is 37.4 Å². The van der Waals surface area contributed by atoms with Gasteiger partial charge in [-0.1, -0.05) is 20.8 Å². The molecule has 7 heteroatoms. The van der Waals surface area contributed by atoms with Crippen molar-refractivity contribution in [2.75, 3.05) is 19.7 Å². The van der Waals surface area contributed by atoms with Crippen molar-refractivity contribution in [2.45, 2.75) is 59.1 Å². The molecule has 1 aliphatic rings. The van der Waals surface area contributed by atoms with Gasteiger partial charge < -0.3 is 15.4 Å². The van der Waals surface area contributed by atoms with Gasteiger partial charge >= 0.3 is 0 Å². The molecule has 0 spiro atoms. The number of carbonyl (C=O) groups excluding carboxylic acids is 1. The molecule has 2 N–H and O–H groups in total. The maximum atomic E-state index is 12.9. The van der Waals surface area contributed by atoms with E-state index in [1.165, 1.54) is 11.3 Å². The quantitative estimate of drug-likeness (QED) is 0.757. The highest BCUT2D eigenvalue weighted by atomic mass is 35.5. The van der Waals surface area contributed by atoms with Crippen LogP contribution in [0.25, 0.3) is 0 Å². The molecule has 0 aromatic carbocycles. The van der Waals surface area contributed by atoms with Crippen molar-refractivity contribution < 1.29 is 9.53 Å². The monoisotopic (exact) mass is 375 g/mol. The van der Waals surface area contributed by atoms with Crippen LogP contribution in [0.5, 0.6) is 0 Å². The highest BCUT2D eigenvalue weighted by molar-refractivity contribution is 7.09. The van der Waals surface area contributed by atoms with Gasteiger partial charge in [0.2, 0.25) is 0 Å². The van der Waals surface area contributed by atoms with E-state index in [2.05, 4.69) is 25.8 Å². The molecule has 138 valence electrons. The minimum absolute atomic E-state index is 0. The van der Waals surface area contributed by atoms with Crippen LogP contribution in [0.1, 0.15) is 56.0 Å². The number of nitrogens with zero attached hydrogens (tertiary/aromatic N) is 2. The van der Waals surface area contributed by atoms with Gasteiger partial charge in [0, 0.05) is 36.4 Å². The Bertz CT molecular complexity index is 536. The van der Waals surface area contributed by atoms with Gasteiger partial charge in [0.1, 0.15) is 5.69 Å². The molecule has 0 aliphatic heterocycles. The number of aromatic nitrogens is 1. The molecule has 1 aromatic heterocycles. The van der Waals surface area contributed by atoms with E-state index >= 15 is 0 Å². The van der Waals surface area contributed by atoms with Gasteiger partial charge in [0.15, 0.2) is 0 Å². The zero-order valence-corrected chi connectivity index (χ0v) is 16.7. The zero-order valence-electron chi connectivity index (χ0n) is 15.1. The summed E-state index contributed by atoms with van der Waals surface area (Å²) in [5.74, 6) is 0.0411. The second-order valence-electron chi connectivity index (χ2n) is 6.68. The Morgan fingerprint density at radius 2 is 2.21 bits per heavy atom. The predicted octanol–water partition coefficient (Wildman–Crippen LogP) is 3.12. The maximum Gasteiger partial charge on any atom is 0.273 e. The molecule has 1 saturated carbocycles. The number of halogens is 1. The van der Waals surface area contributed by atoms with Crippen molar-refractivity contribution >= 4 is 29.7 Å². The van der Waals surface area contributed by atoms with Crippen molar-refractivity contribution in [3.05, 3.63) is 16.1 Å². The summed E-state index contributed by atoms with van der Waals surface area (Å²) in [4.78, 5) is 19.4. The molecule has 0 saturated heterocycles. The fraction of sp³-hybridized carbons (Fsp3) is 0.765. The third-order valence-corrected chi connectivity index (χ3v) is 5.63. The fourth-order valence-corrected chi connectivity index (χ4v) is 4.10. The first-order chi connectivity index (χ1) is 11.0. The summed E-state index contributed by atoms with van der Waals surface area (Å²) >= 11 is 1.52. The molecular weight excluding hydrogens is 346 g/mol. The molecule has 5 nitrogen and oxygen atoms in total. The summed E-state index contributed by atoms with van der Waals surface area (Å²) in [5.41, 5.74) is 6.11. The summed E-state index contributed by atoms with van der Waals surface area (Å²) in [6.07, 6.45) is 2.81. The Kier molecular flexibility index (Phi) is 8.12. The van der Waals surface area contributed by atoms with E-state index in [4.69, 9.17) is 10.5 Å². The summed E-state index contributed by atoms with van der Waals surface area (Å²) in [7, 11) is 0. The van der Waals surface area contributed by atoms with Gasteiger partial charge in [-0.15, -0.1) is 23.7 Å². The van der Waals surface area contributed by atoms with Gasteiger partial charge in [-0.25, -0.2) is 4.98 Å². The SMILES string of the molecule is CCCN(C(=O)c1csc(CCN)n1)C1CC(OCC)C1(C)C.Cl. The number of thiazole rings is 1. The topological polar surface area (TPSA) is 68.5 Å². The van der Waals surface area contributed by atoms with Crippen molar-refractivity contribution in [1.82, 2.24) is 9.88 Å². The van der Waals surface area contributed by atoms with E-state index < -0.39 is 0 Å². The Morgan fingerprint density at radius 1 is 1.50 bits per heavy atom. The second-order valence-corrected chi connectivity index (χ2v) is 7.62. The molecule has 2 unspecified atom stereocenters. The molecule has 2 rings (SSSR count). The number of nitrogens with two attached hydrogens (primary N) is 1. The van der Waals surface area contributed by atoms with Gasteiger partial charge in [0.05, 0.1) is 11.1 Å². The standard InChI is InChI=1S/C17H29N3O2S.ClH/c1-5-9-20(13-10-14(22-6-2)17(13,3)4)16(21)12-11-23-15(19-12)7-8-18;/h11,13-14H,5-10,18H2,1-4H3;1H. The van der Waals surface area contributed by atoms with E-state index in [-0.39, 0.29) is 35.9 Å². The molecule has 2 atom stereocenters. The zero-order chi connectivity index (χ0) is 17.0. The molecule has 0 radical (unpaired) electrons. The molecule has 1 fully saturated rings. The number of ether oxygens (including phenoxy) is 1. The van der Waals surface area contributed by atoms with Crippen LogP contribution in [-0.2, 0) is 11.2 Å². The number of amides is 1. The summed E-state index contributed by atoms with van der Waals surface area (Å²) in [5, 5.41) is 2.80. The van der Waals surface area contributed by atoms with E-state index in [9.17, 15) is 4.79 Å². The Balaban J connectivity index is 0.00000288. The number of carbonyl (C=O) groups is 1. The Morgan fingerprint density at radius 3 is 2.75 bits per heavy atom. The van der Waals surface area contributed by atoms with E-state index in [1.54, 1.807) is 0 Å². The number of hydrogen-bond acceptors (Lipinski definition) is 5. The first-order valence-electron chi connectivity index (χ1n) is 8.52. The minimum atomic E-state index is -0.0169. The number of hydrogen-bond donors (Lipinski definition) is 1. The molecule has 1 aliphatic carbocycles. The van der Waals surface area contributed by atoms with Crippen molar-refractivity contribution in [1.29, 1.82) is 0 Å². The van der Waals surface area contributed by atoms with Crippen LogP contribution in [0.15, 0.2) is 5.38 Å². The summed E-state index contributed by atoms with van der Waals surface area (Å²) in [6.45, 7) is 10.5. The van der Waals surface area contributed by atoms with Crippen LogP contribution in [-0.4, -0.2) is 47.6 Å². The smallest absolute Gasteiger partial charge is 0.273 e. The predicted molar refractivity (Wildman–Crippen MR) is 101 cm³/mol. The van der Waals surface area contributed by atoms with Gasteiger partial charge in [-0.2, -0.15) is 0 Å². The third-order valence-electron chi connectivity index (χ3n) is 4.72. The van der Waals surface area contributed by atoms with Crippen molar-refractivity contribution in [3.8, 4) is 0 Å². The van der Waals surface area contributed by atoms with Gasteiger partial charge in [0.25, 0.3) is 5.91 Å². The van der Waals surface area contributed by atoms with Crippen molar-refractivity contribution in [2.24, 2.45) is 11.1 Å². The van der Waals surface area contributed by atoms with Crippen LogP contribution in [0.3, 0.4) is 0 Å². The van der Waals surface area contributed by atoms with Crippen LogP contribution < -0.4 is 5.73 Å². The van der Waals surface area contributed by atoms with Crippen LogP contribution in [0.2, 0.25) is 0 Å². The maximum absolute atomic E-state index is 12.9. The average Bonchev–Trinajstić information content (AvgIpc) is 2.98.